The molecule has 1 N–H and O–H groups in total. The molecule has 4 heteroatoms. The SMILES string of the molecule is C=CC(=O)NCCC#Cc1cccc2cc(CC)n(-c3ccccc3)c(=O)c12. The second-order valence-corrected chi connectivity index (χ2v) is 6.28. The molecule has 0 radical (unpaired) electrons. The average molecular weight is 370 g/mol. The Labute approximate surface area is 164 Å². The maximum atomic E-state index is 13.4. The zero-order chi connectivity index (χ0) is 19.9. The number of rotatable bonds is 5. The van der Waals surface area contributed by atoms with Gasteiger partial charge in [0.2, 0.25) is 5.91 Å². The number of hydrogen-bond acceptors (Lipinski definition) is 2. The number of benzene rings is 2. The molecule has 140 valence electrons. The molecule has 1 heterocycles. The lowest BCUT2D eigenvalue weighted by molar-refractivity contribution is -0.116. The fourth-order valence-corrected chi connectivity index (χ4v) is 3.12. The van der Waals surface area contributed by atoms with Crippen LogP contribution in [0.1, 0.15) is 24.6 Å². The lowest BCUT2D eigenvalue weighted by Crippen LogP contribution is -2.22. The zero-order valence-electron chi connectivity index (χ0n) is 15.9. The summed E-state index contributed by atoms with van der Waals surface area (Å²) in [5.74, 6) is 5.92. The second kappa shape index (κ2) is 8.88. The van der Waals surface area contributed by atoms with E-state index < -0.39 is 0 Å². The normalized spacial score (nSPS) is 10.2. The van der Waals surface area contributed by atoms with Crippen molar-refractivity contribution in [3.63, 3.8) is 0 Å². The quantitative estimate of drug-likeness (QED) is 0.424. The lowest BCUT2D eigenvalue weighted by atomic mass is 10.0. The van der Waals surface area contributed by atoms with Gasteiger partial charge in [0.15, 0.2) is 0 Å². The molecule has 4 nitrogen and oxygen atoms in total. The van der Waals surface area contributed by atoms with Crippen LogP contribution in [0.2, 0.25) is 0 Å². The number of carbonyl (C=O) groups excluding carboxylic acids is 1. The predicted octanol–water partition coefficient (Wildman–Crippen LogP) is 3.60. The summed E-state index contributed by atoms with van der Waals surface area (Å²) in [7, 11) is 0. The highest BCUT2D eigenvalue weighted by Crippen LogP contribution is 2.19. The molecule has 0 saturated heterocycles. The van der Waals surface area contributed by atoms with E-state index in [1.807, 2.05) is 55.5 Å². The molecule has 2 aromatic carbocycles. The second-order valence-electron chi connectivity index (χ2n) is 6.28. The Kier molecular flexibility index (Phi) is 6.08. The van der Waals surface area contributed by atoms with Gasteiger partial charge >= 0.3 is 0 Å². The van der Waals surface area contributed by atoms with Crippen LogP contribution in [-0.4, -0.2) is 17.0 Å². The van der Waals surface area contributed by atoms with Crippen molar-refractivity contribution in [3.8, 4) is 17.5 Å². The summed E-state index contributed by atoms with van der Waals surface area (Å²) in [5.41, 5.74) is 2.44. The van der Waals surface area contributed by atoms with Crippen LogP contribution in [0.3, 0.4) is 0 Å². The molecular formula is C24H22N2O2. The fourth-order valence-electron chi connectivity index (χ4n) is 3.12. The van der Waals surface area contributed by atoms with Crippen molar-refractivity contribution in [2.75, 3.05) is 6.54 Å². The summed E-state index contributed by atoms with van der Waals surface area (Å²) >= 11 is 0. The Hall–Kier alpha value is -3.58. The van der Waals surface area contributed by atoms with Crippen molar-refractivity contribution >= 4 is 16.7 Å². The van der Waals surface area contributed by atoms with Crippen LogP contribution in [0.25, 0.3) is 16.5 Å². The van der Waals surface area contributed by atoms with Crippen molar-refractivity contribution in [1.82, 2.24) is 9.88 Å². The van der Waals surface area contributed by atoms with Crippen molar-refractivity contribution in [1.29, 1.82) is 0 Å². The third-order valence-corrected chi connectivity index (χ3v) is 4.46. The van der Waals surface area contributed by atoms with Crippen molar-refractivity contribution < 1.29 is 4.79 Å². The summed E-state index contributed by atoms with van der Waals surface area (Å²) in [6, 6.07) is 17.4. The highest BCUT2D eigenvalue weighted by molar-refractivity contribution is 5.88. The number of amides is 1. The molecule has 0 aliphatic rings. The van der Waals surface area contributed by atoms with Crippen LogP contribution < -0.4 is 10.9 Å². The monoisotopic (exact) mass is 370 g/mol. The highest BCUT2D eigenvalue weighted by atomic mass is 16.1. The molecule has 0 bridgehead atoms. The third kappa shape index (κ3) is 4.05. The molecule has 3 aromatic rings. The number of carbonyl (C=O) groups is 1. The van der Waals surface area contributed by atoms with E-state index in [9.17, 15) is 9.59 Å². The maximum Gasteiger partial charge on any atom is 0.264 e. The van der Waals surface area contributed by atoms with Gasteiger partial charge < -0.3 is 5.32 Å². The van der Waals surface area contributed by atoms with Gasteiger partial charge in [-0.15, -0.1) is 0 Å². The van der Waals surface area contributed by atoms with E-state index in [-0.39, 0.29) is 11.5 Å². The average Bonchev–Trinajstić information content (AvgIpc) is 2.73. The number of nitrogens with zero attached hydrogens (tertiary/aromatic N) is 1. The lowest BCUT2D eigenvalue weighted by Gasteiger charge is -2.14. The largest absolute Gasteiger partial charge is 0.352 e. The number of aryl methyl sites for hydroxylation is 1. The molecule has 0 aliphatic heterocycles. The molecule has 0 saturated carbocycles. The van der Waals surface area contributed by atoms with Gasteiger partial charge in [0.1, 0.15) is 0 Å². The summed E-state index contributed by atoms with van der Waals surface area (Å²) < 4.78 is 1.76. The van der Waals surface area contributed by atoms with Crippen LogP contribution in [-0.2, 0) is 11.2 Å². The van der Waals surface area contributed by atoms with Crippen molar-refractivity contribution in [3.05, 3.63) is 88.9 Å². The zero-order valence-corrected chi connectivity index (χ0v) is 15.9. The topological polar surface area (TPSA) is 51.1 Å². The summed E-state index contributed by atoms with van der Waals surface area (Å²) in [5, 5.41) is 4.19. The number of fused-ring (bicyclic) bond motifs is 1. The molecule has 3 rings (SSSR count). The van der Waals surface area contributed by atoms with Gasteiger partial charge in [-0.05, 0) is 42.1 Å². The van der Waals surface area contributed by atoms with Crippen molar-refractivity contribution in [2.24, 2.45) is 0 Å². The minimum Gasteiger partial charge on any atom is -0.352 e. The first-order chi connectivity index (χ1) is 13.7. The van der Waals surface area contributed by atoms with Crippen LogP contribution in [0.15, 0.2) is 72.0 Å². The van der Waals surface area contributed by atoms with E-state index in [4.69, 9.17) is 0 Å². The Morgan fingerprint density at radius 1 is 1.18 bits per heavy atom. The number of nitrogens with one attached hydrogen (secondary N) is 1. The van der Waals surface area contributed by atoms with Crippen LogP contribution in [0, 0.1) is 11.8 Å². The molecule has 0 atom stereocenters. The van der Waals surface area contributed by atoms with E-state index >= 15 is 0 Å². The first kappa shape index (κ1) is 19.2. The Morgan fingerprint density at radius 3 is 2.68 bits per heavy atom. The first-order valence-electron chi connectivity index (χ1n) is 9.28. The van der Waals surface area contributed by atoms with Crippen molar-refractivity contribution in [2.45, 2.75) is 19.8 Å². The van der Waals surface area contributed by atoms with Crippen LogP contribution in [0.5, 0.6) is 0 Å². The van der Waals surface area contributed by atoms with E-state index in [0.29, 0.717) is 23.9 Å². The maximum absolute atomic E-state index is 13.4. The van der Waals surface area contributed by atoms with E-state index in [2.05, 4.69) is 29.8 Å². The van der Waals surface area contributed by atoms with Crippen LogP contribution >= 0.6 is 0 Å². The van der Waals surface area contributed by atoms with E-state index in [1.54, 1.807) is 4.57 Å². The first-order valence-corrected chi connectivity index (χ1v) is 9.28. The minimum atomic E-state index is -0.218. The Bertz CT molecular complexity index is 1130. The van der Waals surface area contributed by atoms with E-state index in [0.717, 1.165) is 23.2 Å². The van der Waals surface area contributed by atoms with Gasteiger partial charge in [0, 0.05) is 29.9 Å². The predicted molar refractivity (Wildman–Crippen MR) is 114 cm³/mol. The molecule has 0 fully saturated rings. The Balaban J connectivity index is 2.05. The molecule has 1 amide bonds. The summed E-state index contributed by atoms with van der Waals surface area (Å²) in [4.78, 5) is 24.5. The van der Waals surface area contributed by atoms with Gasteiger partial charge in [0.25, 0.3) is 5.56 Å². The summed E-state index contributed by atoms with van der Waals surface area (Å²) in [6.07, 6.45) is 2.48. The van der Waals surface area contributed by atoms with Gasteiger partial charge in [0.05, 0.1) is 5.39 Å². The standard InChI is InChI=1S/C24H22N2O2/c1-3-20-17-19-13-10-12-18(11-8-9-16-25-22(27)4-2)23(19)24(28)26(20)21-14-6-5-7-15-21/h4-7,10,12-15,17H,2-3,9,16H2,1H3,(H,25,27). The molecule has 0 aliphatic carbocycles. The number of aromatic nitrogens is 1. The van der Waals surface area contributed by atoms with E-state index in [1.165, 1.54) is 6.08 Å². The fraction of sp³-hybridized carbons (Fsp3) is 0.167. The third-order valence-electron chi connectivity index (χ3n) is 4.46. The number of para-hydroxylation sites is 1. The summed E-state index contributed by atoms with van der Waals surface area (Å²) in [6.45, 7) is 5.90. The smallest absolute Gasteiger partial charge is 0.264 e. The molecule has 0 spiro atoms. The molecule has 1 aromatic heterocycles. The minimum absolute atomic E-state index is 0.0644. The van der Waals surface area contributed by atoms with Crippen LogP contribution in [0.4, 0.5) is 0 Å². The molecular weight excluding hydrogens is 348 g/mol. The number of hydrogen-bond donors (Lipinski definition) is 1. The molecule has 28 heavy (non-hydrogen) atoms. The van der Waals surface area contributed by atoms with Gasteiger partial charge in [-0.3, -0.25) is 14.2 Å². The molecule has 0 unspecified atom stereocenters. The number of pyridine rings is 1. The van der Waals surface area contributed by atoms with Gasteiger partial charge in [-0.2, -0.15) is 0 Å². The highest BCUT2D eigenvalue weighted by Gasteiger charge is 2.12. The van der Waals surface area contributed by atoms with Gasteiger partial charge in [-0.25, -0.2) is 0 Å². The Morgan fingerprint density at radius 2 is 1.96 bits per heavy atom. The van der Waals surface area contributed by atoms with Gasteiger partial charge in [-0.1, -0.05) is 55.7 Å².